The highest BCUT2D eigenvalue weighted by atomic mass is 16.3. The van der Waals surface area contributed by atoms with Crippen LogP contribution < -0.4 is 4.90 Å². The molecule has 0 unspecified atom stereocenters. The molecule has 2 aromatic heterocycles. The number of fused-ring (bicyclic) bond motifs is 4. The van der Waals surface area contributed by atoms with Gasteiger partial charge in [-0.25, -0.2) is 9.97 Å². The second-order valence-electron chi connectivity index (χ2n) is 16.5. The lowest BCUT2D eigenvalue weighted by atomic mass is 9.93. The van der Waals surface area contributed by atoms with Crippen molar-refractivity contribution < 1.29 is 4.42 Å². The van der Waals surface area contributed by atoms with E-state index in [-0.39, 0.29) is 0 Å². The van der Waals surface area contributed by atoms with Crippen LogP contribution in [0, 0.1) is 0 Å². The molecule has 4 heteroatoms. The van der Waals surface area contributed by atoms with Crippen LogP contribution in [0.2, 0.25) is 0 Å². The van der Waals surface area contributed by atoms with Gasteiger partial charge in [-0.3, -0.25) is 0 Å². The van der Waals surface area contributed by atoms with Gasteiger partial charge >= 0.3 is 0 Å². The summed E-state index contributed by atoms with van der Waals surface area (Å²) in [5.41, 5.74) is 19.3. The molecule has 0 fully saturated rings. The molecule has 0 saturated heterocycles. The molecule has 12 rings (SSSR count). The molecule has 0 radical (unpaired) electrons. The Morgan fingerprint density at radius 3 is 1.41 bits per heavy atom. The molecular formula is C62H41N3O. The van der Waals surface area contributed by atoms with E-state index in [0.29, 0.717) is 0 Å². The molecule has 0 amide bonds. The van der Waals surface area contributed by atoms with E-state index in [1.54, 1.807) is 0 Å². The highest BCUT2D eigenvalue weighted by Crippen LogP contribution is 2.44. The Bertz CT molecular complexity index is 3620. The van der Waals surface area contributed by atoms with Crippen molar-refractivity contribution >= 4 is 50.0 Å². The number of nitrogens with zero attached hydrogens (tertiary/aromatic N) is 3. The first-order chi connectivity index (χ1) is 32.7. The normalized spacial score (nSPS) is 11.3. The van der Waals surface area contributed by atoms with Crippen molar-refractivity contribution in [2.45, 2.75) is 0 Å². The van der Waals surface area contributed by atoms with E-state index in [4.69, 9.17) is 14.4 Å². The van der Waals surface area contributed by atoms with Crippen molar-refractivity contribution in [3.05, 3.63) is 249 Å². The van der Waals surface area contributed by atoms with E-state index in [9.17, 15) is 0 Å². The highest BCUT2D eigenvalue weighted by molar-refractivity contribution is 6.14. The first kappa shape index (κ1) is 38.8. The van der Waals surface area contributed by atoms with Crippen LogP contribution in [0.3, 0.4) is 0 Å². The van der Waals surface area contributed by atoms with Gasteiger partial charge in [0.1, 0.15) is 11.2 Å². The second kappa shape index (κ2) is 16.7. The number of furan rings is 1. The van der Waals surface area contributed by atoms with Crippen LogP contribution in [0.15, 0.2) is 253 Å². The predicted octanol–water partition coefficient (Wildman–Crippen LogP) is 17.0. The van der Waals surface area contributed by atoms with Gasteiger partial charge in [0.05, 0.1) is 22.4 Å². The molecule has 0 saturated carbocycles. The maximum absolute atomic E-state index is 6.72. The number of hydrogen-bond acceptors (Lipinski definition) is 4. The smallest absolute Gasteiger partial charge is 0.136 e. The van der Waals surface area contributed by atoms with E-state index in [2.05, 4.69) is 217 Å². The largest absolute Gasteiger partial charge is 0.456 e. The molecule has 0 N–H and O–H groups in total. The minimum atomic E-state index is 0.804. The molecule has 2 heterocycles. The summed E-state index contributed by atoms with van der Waals surface area (Å²) < 4.78 is 6.72. The van der Waals surface area contributed by atoms with Crippen molar-refractivity contribution in [2.24, 2.45) is 0 Å². The first-order valence-corrected chi connectivity index (χ1v) is 22.3. The minimum Gasteiger partial charge on any atom is -0.456 e. The topological polar surface area (TPSA) is 42.2 Å². The number of hydrogen-bond donors (Lipinski definition) is 0. The molecule has 10 aromatic carbocycles. The van der Waals surface area contributed by atoms with Gasteiger partial charge in [-0.15, -0.1) is 0 Å². The zero-order valence-electron chi connectivity index (χ0n) is 35.9. The highest BCUT2D eigenvalue weighted by Gasteiger charge is 2.22. The average molecular weight is 844 g/mol. The molecule has 12 aromatic rings. The van der Waals surface area contributed by atoms with E-state index in [1.165, 1.54) is 11.1 Å². The Kier molecular flexibility index (Phi) is 9.81. The molecule has 0 aliphatic carbocycles. The number of anilines is 3. The quantitative estimate of drug-likeness (QED) is 0.145. The molecule has 310 valence electrons. The summed E-state index contributed by atoms with van der Waals surface area (Å²) in [6.07, 6.45) is 0. The summed E-state index contributed by atoms with van der Waals surface area (Å²) in [6, 6.07) is 87.5. The molecule has 0 bridgehead atoms. The van der Waals surface area contributed by atoms with Gasteiger partial charge in [-0.05, 0) is 117 Å². The summed E-state index contributed by atoms with van der Waals surface area (Å²) in [5.74, 6) is 0. The zero-order chi connectivity index (χ0) is 43.8. The van der Waals surface area contributed by atoms with Gasteiger partial charge in [0.25, 0.3) is 0 Å². The third-order valence-corrected chi connectivity index (χ3v) is 12.5. The van der Waals surface area contributed by atoms with Crippen LogP contribution in [0.25, 0.3) is 100.0 Å². The summed E-state index contributed by atoms with van der Waals surface area (Å²) in [4.78, 5) is 13.0. The van der Waals surface area contributed by atoms with Crippen molar-refractivity contribution in [1.82, 2.24) is 9.97 Å². The van der Waals surface area contributed by atoms with Gasteiger partial charge in [-0.1, -0.05) is 176 Å². The summed E-state index contributed by atoms with van der Waals surface area (Å²) in [5, 5.41) is 2.05. The maximum atomic E-state index is 6.72. The van der Waals surface area contributed by atoms with Gasteiger partial charge in [0, 0.05) is 39.0 Å². The van der Waals surface area contributed by atoms with Crippen LogP contribution in [-0.2, 0) is 0 Å². The van der Waals surface area contributed by atoms with E-state index in [1.807, 2.05) is 36.4 Å². The first-order valence-electron chi connectivity index (χ1n) is 22.3. The molecule has 0 atom stereocenters. The summed E-state index contributed by atoms with van der Waals surface area (Å²) >= 11 is 0. The van der Waals surface area contributed by atoms with Crippen LogP contribution in [0.1, 0.15) is 0 Å². The van der Waals surface area contributed by atoms with E-state index >= 15 is 0 Å². The third-order valence-electron chi connectivity index (χ3n) is 12.5. The van der Waals surface area contributed by atoms with Crippen LogP contribution in [0.4, 0.5) is 17.1 Å². The number of para-hydroxylation sites is 3. The fourth-order valence-electron chi connectivity index (χ4n) is 9.30. The summed E-state index contributed by atoms with van der Waals surface area (Å²) in [6.45, 7) is 0. The standard InChI is InChI=1S/C62H41N3O/c1-5-18-42(19-6-1)47-38-48(43-20-7-2-8-21-43)40-51(39-47)65(49-24-11-4-12-25-49)50-35-32-44(33-36-50)46-34-37-54-59(41-46)66-58-31-17-28-55(60(54)58)62-61(63-56-29-15-16-30-57(56)64-62)53-27-14-13-26-52(53)45-22-9-3-10-23-45/h1-41H. The van der Waals surface area contributed by atoms with Crippen LogP contribution >= 0.6 is 0 Å². The fraction of sp³-hybridized carbons (Fsp3) is 0. The molecule has 0 spiro atoms. The molecule has 0 aliphatic rings. The van der Waals surface area contributed by atoms with Crippen molar-refractivity contribution in [3.63, 3.8) is 0 Å². The monoisotopic (exact) mass is 843 g/mol. The molecule has 0 aliphatic heterocycles. The van der Waals surface area contributed by atoms with E-state index in [0.717, 1.165) is 106 Å². The predicted molar refractivity (Wildman–Crippen MR) is 274 cm³/mol. The molecule has 4 nitrogen and oxygen atoms in total. The average Bonchev–Trinajstić information content (AvgIpc) is 3.78. The van der Waals surface area contributed by atoms with Crippen molar-refractivity contribution in [3.8, 4) is 67.0 Å². The number of aromatic nitrogens is 2. The number of benzene rings is 10. The lowest BCUT2D eigenvalue weighted by molar-refractivity contribution is 0.669. The van der Waals surface area contributed by atoms with Crippen LogP contribution in [0.5, 0.6) is 0 Å². The fourth-order valence-corrected chi connectivity index (χ4v) is 9.30. The lowest BCUT2D eigenvalue weighted by Gasteiger charge is -2.27. The molecular weight excluding hydrogens is 803 g/mol. The van der Waals surface area contributed by atoms with Gasteiger partial charge in [0.15, 0.2) is 0 Å². The van der Waals surface area contributed by atoms with Crippen molar-refractivity contribution in [2.75, 3.05) is 4.90 Å². The van der Waals surface area contributed by atoms with Gasteiger partial charge in [-0.2, -0.15) is 0 Å². The Labute approximate surface area is 383 Å². The SMILES string of the molecule is c1ccc(-c2cc(-c3ccccc3)cc(N(c3ccccc3)c3ccc(-c4ccc5c(c4)oc4cccc(-c6nc7ccccc7nc6-c6ccccc6-c6ccccc6)c45)cc3)c2)cc1. The minimum absolute atomic E-state index is 0.804. The van der Waals surface area contributed by atoms with Crippen molar-refractivity contribution in [1.29, 1.82) is 0 Å². The summed E-state index contributed by atoms with van der Waals surface area (Å²) in [7, 11) is 0. The van der Waals surface area contributed by atoms with Crippen LogP contribution in [-0.4, -0.2) is 9.97 Å². The Morgan fingerprint density at radius 1 is 0.288 bits per heavy atom. The van der Waals surface area contributed by atoms with E-state index < -0.39 is 0 Å². The Hall–Kier alpha value is -8.86. The maximum Gasteiger partial charge on any atom is 0.136 e. The molecule has 66 heavy (non-hydrogen) atoms. The number of rotatable bonds is 9. The zero-order valence-corrected chi connectivity index (χ0v) is 35.9. The second-order valence-corrected chi connectivity index (χ2v) is 16.5. The Morgan fingerprint density at radius 2 is 0.773 bits per heavy atom. The third kappa shape index (κ3) is 7.17. The van der Waals surface area contributed by atoms with Gasteiger partial charge in [0.2, 0.25) is 0 Å². The Balaban J connectivity index is 0.953. The van der Waals surface area contributed by atoms with Gasteiger partial charge < -0.3 is 9.32 Å². The lowest BCUT2D eigenvalue weighted by Crippen LogP contribution is -2.10.